The molecule has 2 nitrogen and oxygen atoms in total. The minimum Gasteiger partial charge on any atom is -0.351 e. The van der Waals surface area contributed by atoms with Gasteiger partial charge in [-0.25, -0.2) is 0 Å². The van der Waals surface area contributed by atoms with Crippen molar-refractivity contribution in [2.45, 2.75) is 13.8 Å². The lowest BCUT2D eigenvalue weighted by molar-refractivity contribution is 0.0941. The van der Waals surface area contributed by atoms with Crippen molar-refractivity contribution >= 4 is 28.3 Å². The summed E-state index contributed by atoms with van der Waals surface area (Å²) in [6, 6.07) is 13.7. The highest BCUT2D eigenvalue weighted by Crippen LogP contribution is 2.19. The molecule has 0 saturated heterocycles. The van der Waals surface area contributed by atoms with Gasteiger partial charge in [0.2, 0.25) is 0 Å². The molecule has 0 bridgehead atoms. The van der Waals surface area contributed by atoms with Gasteiger partial charge in [0.25, 0.3) is 5.91 Å². The average molecular weight is 276 g/mol. The molecule has 19 heavy (non-hydrogen) atoms. The van der Waals surface area contributed by atoms with Crippen LogP contribution in [0.5, 0.6) is 0 Å². The lowest BCUT2D eigenvalue weighted by atomic mass is 9.96. The maximum atomic E-state index is 12.3. The Balaban J connectivity index is 2.23. The quantitative estimate of drug-likeness (QED) is 0.844. The van der Waals surface area contributed by atoms with E-state index in [0.29, 0.717) is 18.0 Å². The maximum absolute atomic E-state index is 12.3. The van der Waals surface area contributed by atoms with Crippen LogP contribution in [0, 0.1) is 5.41 Å². The van der Waals surface area contributed by atoms with Crippen molar-refractivity contribution in [3.63, 3.8) is 0 Å². The molecule has 0 aromatic heterocycles. The van der Waals surface area contributed by atoms with Crippen LogP contribution in [0.3, 0.4) is 0 Å². The van der Waals surface area contributed by atoms with E-state index in [2.05, 4.69) is 5.32 Å². The number of benzene rings is 2. The number of nitrogens with one attached hydrogen (secondary N) is 1. The van der Waals surface area contributed by atoms with Crippen LogP contribution in [0.15, 0.2) is 42.5 Å². The van der Waals surface area contributed by atoms with E-state index < -0.39 is 0 Å². The van der Waals surface area contributed by atoms with Crippen molar-refractivity contribution < 1.29 is 4.79 Å². The lowest BCUT2D eigenvalue weighted by Gasteiger charge is -2.21. The predicted molar refractivity (Wildman–Crippen MR) is 80.8 cm³/mol. The summed E-state index contributed by atoms with van der Waals surface area (Å²) >= 11 is 5.87. The third-order valence-electron chi connectivity index (χ3n) is 3.12. The minimum atomic E-state index is -0.0954. The molecular formula is C16H18ClNO. The summed E-state index contributed by atoms with van der Waals surface area (Å²) in [4.78, 5) is 12.3. The monoisotopic (exact) mass is 275 g/mol. The highest BCUT2D eigenvalue weighted by Gasteiger charge is 2.18. The van der Waals surface area contributed by atoms with Gasteiger partial charge in [-0.3, -0.25) is 4.79 Å². The summed E-state index contributed by atoms with van der Waals surface area (Å²) in [5.41, 5.74) is 0.616. The number of carbonyl (C=O) groups is 1. The zero-order valence-electron chi connectivity index (χ0n) is 11.2. The first-order valence-corrected chi connectivity index (χ1v) is 6.89. The Hall–Kier alpha value is -1.54. The van der Waals surface area contributed by atoms with Crippen LogP contribution in [0.2, 0.25) is 0 Å². The van der Waals surface area contributed by atoms with Gasteiger partial charge < -0.3 is 5.32 Å². The van der Waals surface area contributed by atoms with E-state index >= 15 is 0 Å². The fourth-order valence-corrected chi connectivity index (χ4v) is 1.98. The van der Waals surface area contributed by atoms with E-state index in [1.807, 2.05) is 56.3 Å². The van der Waals surface area contributed by atoms with E-state index in [4.69, 9.17) is 11.6 Å². The van der Waals surface area contributed by atoms with Gasteiger partial charge in [-0.2, -0.15) is 0 Å². The standard InChI is InChI=1S/C16H18ClNO/c1-16(2,10-17)11-18-15(19)14-9-5-7-12-6-3-4-8-13(12)14/h3-9H,10-11H2,1-2H3,(H,18,19). The molecule has 0 aliphatic carbocycles. The molecule has 0 heterocycles. The third kappa shape index (κ3) is 3.27. The Labute approximate surface area is 118 Å². The highest BCUT2D eigenvalue weighted by molar-refractivity contribution is 6.18. The summed E-state index contributed by atoms with van der Waals surface area (Å²) in [6.45, 7) is 4.63. The highest BCUT2D eigenvalue weighted by atomic mass is 35.5. The van der Waals surface area contributed by atoms with Crippen LogP contribution in [-0.2, 0) is 0 Å². The number of hydrogen-bond donors (Lipinski definition) is 1. The molecule has 0 atom stereocenters. The van der Waals surface area contributed by atoms with Gasteiger partial charge in [-0.15, -0.1) is 11.6 Å². The van der Waals surface area contributed by atoms with Gasteiger partial charge in [0, 0.05) is 18.0 Å². The molecule has 0 radical (unpaired) electrons. The molecule has 0 unspecified atom stereocenters. The second-order valence-electron chi connectivity index (χ2n) is 5.51. The van der Waals surface area contributed by atoms with E-state index in [-0.39, 0.29) is 11.3 Å². The minimum absolute atomic E-state index is 0.0463. The SMILES string of the molecule is CC(C)(CCl)CNC(=O)c1cccc2ccccc12. The second kappa shape index (κ2) is 5.62. The van der Waals surface area contributed by atoms with Gasteiger partial charge in [-0.05, 0) is 22.3 Å². The normalized spacial score (nSPS) is 11.5. The fraction of sp³-hybridized carbons (Fsp3) is 0.312. The van der Waals surface area contributed by atoms with Crippen LogP contribution in [0.1, 0.15) is 24.2 Å². The third-order valence-corrected chi connectivity index (χ3v) is 3.85. The number of halogens is 1. The van der Waals surface area contributed by atoms with E-state index in [9.17, 15) is 4.79 Å². The lowest BCUT2D eigenvalue weighted by Crippen LogP contribution is -2.35. The molecule has 2 aromatic rings. The molecule has 2 aromatic carbocycles. The number of hydrogen-bond acceptors (Lipinski definition) is 1. The van der Waals surface area contributed by atoms with E-state index in [0.717, 1.165) is 10.8 Å². The molecule has 3 heteroatoms. The Kier molecular flexibility index (Phi) is 4.11. The van der Waals surface area contributed by atoms with Crippen LogP contribution >= 0.6 is 11.6 Å². The summed E-state index contributed by atoms with van der Waals surface area (Å²) in [7, 11) is 0. The van der Waals surface area contributed by atoms with E-state index in [1.165, 1.54) is 0 Å². The molecule has 2 rings (SSSR count). The molecule has 0 aliphatic rings. The topological polar surface area (TPSA) is 29.1 Å². The smallest absolute Gasteiger partial charge is 0.251 e. The molecule has 0 spiro atoms. The van der Waals surface area contributed by atoms with Gasteiger partial charge in [0.1, 0.15) is 0 Å². The Morgan fingerprint density at radius 1 is 1.16 bits per heavy atom. The van der Waals surface area contributed by atoms with Crippen LogP contribution in [-0.4, -0.2) is 18.3 Å². The number of fused-ring (bicyclic) bond motifs is 1. The molecule has 0 fully saturated rings. The second-order valence-corrected chi connectivity index (χ2v) is 5.77. The van der Waals surface area contributed by atoms with Crippen molar-refractivity contribution in [3.05, 3.63) is 48.0 Å². The maximum Gasteiger partial charge on any atom is 0.251 e. The molecule has 1 N–H and O–H groups in total. The first-order valence-electron chi connectivity index (χ1n) is 6.35. The first-order chi connectivity index (χ1) is 9.03. The summed E-state index contributed by atoms with van der Waals surface area (Å²) in [5, 5.41) is 5.01. The van der Waals surface area contributed by atoms with Crippen LogP contribution in [0.25, 0.3) is 10.8 Å². The zero-order valence-corrected chi connectivity index (χ0v) is 12.0. The number of alkyl halides is 1. The predicted octanol–water partition coefficient (Wildman–Crippen LogP) is 3.83. The van der Waals surface area contributed by atoms with Crippen LogP contribution < -0.4 is 5.32 Å². The summed E-state index contributed by atoms with van der Waals surface area (Å²) in [6.07, 6.45) is 0. The number of amides is 1. The number of rotatable bonds is 4. The average Bonchev–Trinajstić information content (AvgIpc) is 2.44. The number of carbonyl (C=O) groups excluding carboxylic acids is 1. The molecule has 1 amide bonds. The van der Waals surface area contributed by atoms with Crippen LogP contribution in [0.4, 0.5) is 0 Å². The van der Waals surface area contributed by atoms with Gasteiger partial charge >= 0.3 is 0 Å². The van der Waals surface area contributed by atoms with Crippen molar-refractivity contribution in [2.24, 2.45) is 5.41 Å². The molecule has 0 aliphatic heterocycles. The molecule has 100 valence electrons. The Bertz CT molecular complexity index is 587. The fourth-order valence-electron chi connectivity index (χ4n) is 1.89. The largest absolute Gasteiger partial charge is 0.351 e. The van der Waals surface area contributed by atoms with Gasteiger partial charge in [0.15, 0.2) is 0 Å². The zero-order chi connectivity index (χ0) is 13.9. The van der Waals surface area contributed by atoms with Crippen molar-refractivity contribution in [3.8, 4) is 0 Å². The molecule has 0 saturated carbocycles. The summed E-state index contributed by atoms with van der Waals surface area (Å²) in [5.74, 6) is 0.470. The summed E-state index contributed by atoms with van der Waals surface area (Å²) < 4.78 is 0. The van der Waals surface area contributed by atoms with Gasteiger partial charge in [-0.1, -0.05) is 50.2 Å². The Morgan fingerprint density at radius 3 is 2.58 bits per heavy atom. The Morgan fingerprint density at radius 2 is 1.84 bits per heavy atom. The van der Waals surface area contributed by atoms with Crippen molar-refractivity contribution in [1.82, 2.24) is 5.32 Å². The molecular weight excluding hydrogens is 258 g/mol. The van der Waals surface area contributed by atoms with Crippen molar-refractivity contribution in [2.75, 3.05) is 12.4 Å². The van der Waals surface area contributed by atoms with Crippen molar-refractivity contribution in [1.29, 1.82) is 0 Å². The first kappa shape index (κ1) is 13.9. The van der Waals surface area contributed by atoms with Gasteiger partial charge in [0.05, 0.1) is 0 Å². The van der Waals surface area contributed by atoms with E-state index in [1.54, 1.807) is 0 Å².